The van der Waals surface area contributed by atoms with Crippen molar-refractivity contribution in [3.63, 3.8) is 0 Å². The van der Waals surface area contributed by atoms with E-state index in [2.05, 4.69) is 9.93 Å². The lowest BCUT2D eigenvalue weighted by molar-refractivity contribution is 0.394. The predicted molar refractivity (Wildman–Crippen MR) is 98.0 cm³/mol. The zero-order valence-corrected chi connectivity index (χ0v) is 15.8. The number of hydrazone groups is 1. The molecule has 0 unspecified atom stereocenters. The van der Waals surface area contributed by atoms with Crippen molar-refractivity contribution in [1.82, 2.24) is 4.83 Å². The van der Waals surface area contributed by atoms with Gasteiger partial charge in [0, 0.05) is 11.6 Å². The maximum atomic E-state index is 12.5. The Morgan fingerprint density at radius 3 is 2.40 bits per heavy atom. The number of rotatable bonds is 6. The molecular formula is C18H22N2O4S. The van der Waals surface area contributed by atoms with Crippen molar-refractivity contribution in [2.24, 2.45) is 5.10 Å². The van der Waals surface area contributed by atoms with E-state index in [-0.39, 0.29) is 4.90 Å². The molecule has 25 heavy (non-hydrogen) atoms. The summed E-state index contributed by atoms with van der Waals surface area (Å²) < 4.78 is 35.5. The average molecular weight is 362 g/mol. The van der Waals surface area contributed by atoms with Crippen LogP contribution in [-0.2, 0) is 10.0 Å². The molecule has 0 radical (unpaired) electrons. The molecule has 0 fully saturated rings. The summed E-state index contributed by atoms with van der Waals surface area (Å²) in [6, 6.07) is 10.5. The fraction of sp³-hybridized carbons (Fsp3) is 0.278. The molecule has 0 aromatic heterocycles. The quantitative estimate of drug-likeness (QED) is 0.633. The minimum absolute atomic E-state index is 0.214. The van der Waals surface area contributed by atoms with E-state index in [9.17, 15) is 8.42 Å². The average Bonchev–Trinajstić information content (AvgIpc) is 2.61. The number of hydrogen-bond donors (Lipinski definition) is 1. The van der Waals surface area contributed by atoms with Crippen LogP contribution in [0.4, 0.5) is 0 Å². The van der Waals surface area contributed by atoms with E-state index < -0.39 is 10.0 Å². The first-order valence-corrected chi connectivity index (χ1v) is 9.12. The SMILES string of the molecule is COc1ccc(/C(C)=N\NS(=O)(=O)c2cc(C)ccc2C)c(OC)c1. The Balaban J connectivity index is 2.33. The minimum Gasteiger partial charge on any atom is -0.497 e. The topological polar surface area (TPSA) is 77.0 Å². The van der Waals surface area contributed by atoms with Crippen LogP contribution in [0.5, 0.6) is 11.5 Å². The van der Waals surface area contributed by atoms with Crippen molar-refractivity contribution in [2.75, 3.05) is 14.2 Å². The summed E-state index contributed by atoms with van der Waals surface area (Å²) in [7, 11) is -0.655. The molecule has 0 aliphatic heterocycles. The fourth-order valence-electron chi connectivity index (χ4n) is 2.33. The fourth-order valence-corrected chi connectivity index (χ4v) is 3.52. The summed E-state index contributed by atoms with van der Waals surface area (Å²) in [6.07, 6.45) is 0. The van der Waals surface area contributed by atoms with Gasteiger partial charge in [-0.25, -0.2) is 0 Å². The molecule has 2 aromatic carbocycles. The number of nitrogens with one attached hydrogen (secondary N) is 1. The number of ether oxygens (including phenoxy) is 2. The molecule has 0 spiro atoms. The number of sulfonamides is 1. The van der Waals surface area contributed by atoms with Crippen molar-refractivity contribution in [3.05, 3.63) is 53.1 Å². The van der Waals surface area contributed by atoms with Crippen LogP contribution in [0, 0.1) is 13.8 Å². The minimum atomic E-state index is -3.75. The highest BCUT2D eigenvalue weighted by molar-refractivity contribution is 7.89. The van der Waals surface area contributed by atoms with E-state index in [0.29, 0.717) is 28.3 Å². The number of methoxy groups -OCH3 is 2. The molecule has 0 atom stereocenters. The van der Waals surface area contributed by atoms with Gasteiger partial charge < -0.3 is 9.47 Å². The first-order valence-electron chi connectivity index (χ1n) is 7.64. The van der Waals surface area contributed by atoms with Gasteiger partial charge in [-0.05, 0) is 50.1 Å². The van der Waals surface area contributed by atoms with Crippen molar-refractivity contribution in [1.29, 1.82) is 0 Å². The zero-order valence-electron chi connectivity index (χ0n) is 15.0. The lowest BCUT2D eigenvalue weighted by atomic mass is 10.1. The molecule has 0 amide bonds. The Morgan fingerprint density at radius 1 is 1.04 bits per heavy atom. The highest BCUT2D eigenvalue weighted by atomic mass is 32.2. The molecule has 134 valence electrons. The van der Waals surface area contributed by atoms with Gasteiger partial charge in [-0.3, -0.25) is 0 Å². The third kappa shape index (κ3) is 4.30. The second-order valence-electron chi connectivity index (χ2n) is 5.63. The van der Waals surface area contributed by atoms with Crippen LogP contribution in [-0.4, -0.2) is 28.3 Å². The third-order valence-corrected chi connectivity index (χ3v) is 5.12. The van der Waals surface area contributed by atoms with E-state index in [1.54, 1.807) is 51.3 Å². The van der Waals surface area contributed by atoms with Crippen molar-refractivity contribution in [3.8, 4) is 11.5 Å². The van der Waals surface area contributed by atoms with Crippen LogP contribution in [0.2, 0.25) is 0 Å². The Kier molecular flexibility index (Phi) is 5.69. The summed E-state index contributed by atoms with van der Waals surface area (Å²) in [5.41, 5.74) is 2.68. The van der Waals surface area contributed by atoms with Gasteiger partial charge in [0.2, 0.25) is 0 Å². The standard InChI is InChI=1S/C18H22N2O4S/c1-12-6-7-13(2)18(10-12)25(21,22)20-19-14(3)16-9-8-15(23-4)11-17(16)24-5/h6-11,20H,1-5H3/b19-14-. The second-order valence-corrected chi connectivity index (χ2v) is 7.26. The Morgan fingerprint density at radius 2 is 1.76 bits per heavy atom. The summed E-state index contributed by atoms with van der Waals surface area (Å²) >= 11 is 0. The first-order chi connectivity index (χ1) is 11.8. The normalized spacial score (nSPS) is 12.0. The second kappa shape index (κ2) is 7.57. The smallest absolute Gasteiger partial charge is 0.276 e. The molecule has 2 rings (SSSR count). The van der Waals surface area contributed by atoms with Crippen LogP contribution in [0.25, 0.3) is 0 Å². The van der Waals surface area contributed by atoms with Crippen LogP contribution >= 0.6 is 0 Å². The molecule has 0 bridgehead atoms. The van der Waals surface area contributed by atoms with E-state index in [4.69, 9.17) is 9.47 Å². The largest absolute Gasteiger partial charge is 0.497 e. The van der Waals surface area contributed by atoms with Crippen LogP contribution in [0.3, 0.4) is 0 Å². The van der Waals surface area contributed by atoms with Crippen LogP contribution in [0.15, 0.2) is 46.4 Å². The maximum Gasteiger partial charge on any atom is 0.276 e. The van der Waals surface area contributed by atoms with Gasteiger partial charge in [0.1, 0.15) is 11.5 Å². The number of hydrogen-bond acceptors (Lipinski definition) is 5. The van der Waals surface area contributed by atoms with Crippen LogP contribution in [0.1, 0.15) is 23.6 Å². The molecule has 0 aliphatic rings. The number of nitrogens with zero attached hydrogens (tertiary/aromatic N) is 1. The Hall–Kier alpha value is -2.54. The number of aryl methyl sites for hydroxylation is 2. The summed E-state index contributed by atoms with van der Waals surface area (Å²) in [5.74, 6) is 1.19. The van der Waals surface area contributed by atoms with Gasteiger partial charge in [-0.1, -0.05) is 12.1 Å². The molecule has 0 heterocycles. The maximum absolute atomic E-state index is 12.5. The van der Waals surface area contributed by atoms with E-state index in [1.807, 2.05) is 13.0 Å². The van der Waals surface area contributed by atoms with Crippen molar-refractivity contribution in [2.45, 2.75) is 25.7 Å². The summed E-state index contributed by atoms with van der Waals surface area (Å²) in [4.78, 5) is 2.51. The van der Waals surface area contributed by atoms with Gasteiger partial charge in [0.15, 0.2) is 0 Å². The summed E-state index contributed by atoms with van der Waals surface area (Å²) in [5, 5.41) is 4.04. The molecule has 1 N–H and O–H groups in total. The molecular weight excluding hydrogens is 340 g/mol. The van der Waals surface area contributed by atoms with E-state index >= 15 is 0 Å². The van der Waals surface area contributed by atoms with E-state index in [0.717, 1.165) is 5.56 Å². The monoisotopic (exact) mass is 362 g/mol. The van der Waals surface area contributed by atoms with Gasteiger partial charge in [0.25, 0.3) is 10.0 Å². The molecule has 7 heteroatoms. The van der Waals surface area contributed by atoms with Crippen molar-refractivity contribution < 1.29 is 17.9 Å². The van der Waals surface area contributed by atoms with Gasteiger partial charge in [0.05, 0.1) is 24.8 Å². The lowest BCUT2D eigenvalue weighted by Gasteiger charge is -2.11. The molecule has 0 saturated heterocycles. The first kappa shape index (κ1) is 18.8. The Bertz CT molecular complexity index is 905. The predicted octanol–water partition coefficient (Wildman–Crippen LogP) is 3.02. The number of benzene rings is 2. The van der Waals surface area contributed by atoms with E-state index in [1.165, 1.54) is 7.11 Å². The van der Waals surface area contributed by atoms with Gasteiger partial charge in [-0.15, -0.1) is 0 Å². The summed E-state index contributed by atoms with van der Waals surface area (Å²) in [6.45, 7) is 5.29. The van der Waals surface area contributed by atoms with Crippen molar-refractivity contribution >= 4 is 15.7 Å². The highest BCUT2D eigenvalue weighted by Crippen LogP contribution is 2.25. The molecule has 6 nitrogen and oxygen atoms in total. The molecule has 0 aliphatic carbocycles. The van der Waals surface area contributed by atoms with Crippen LogP contribution < -0.4 is 14.3 Å². The van der Waals surface area contributed by atoms with Gasteiger partial charge >= 0.3 is 0 Å². The Labute approximate surface area is 148 Å². The zero-order chi connectivity index (χ0) is 18.6. The highest BCUT2D eigenvalue weighted by Gasteiger charge is 2.17. The molecule has 0 saturated carbocycles. The van der Waals surface area contributed by atoms with Gasteiger partial charge in [-0.2, -0.15) is 18.4 Å². The molecule has 2 aromatic rings. The lowest BCUT2D eigenvalue weighted by Crippen LogP contribution is -2.21. The third-order valence-electron chi connectivity index (χ3n) is 3.77.